The summed E-state index contributed by atoms with van der Waals surface area (Å²) in [6.07, 6.45) is 1.99. The summed E-state index contributed by atoms with van der Waals surface area (Å²) < 4.78 is 2.18. The average Bonchev–Trinajstić information content (AvgIpc) is 2.71. The lowest BCUT2D eigenvalue weighted by Gasteiger charge is -2.33. The second-order valence-electron chi connectivity index (χ2n) is 5.36. The molecule has 1 fully saturated rings. The highest BCUT2D eigenvalue weighted by molar-refractivity contribution is 5.89. The fourth-order valence-electron chi connectivity index (χ4n) is 3.04. The molecule has 98 valence electrons. The molecular weight excluding hydrogens is 238 g/mol. The van der Waals surface area contributed by atoms with Crippen molar-refractivity contribution in [2.75, 3.05) is 30.8 Å². The number of nitrogens with one attached hydrogen (secondary N) is 1. The summed E-state index contributed by atoms with van der Waals surface area (Å²) in [4.78, 5) is 2.22. The molecule has 0 atom stereocenters. The van der Waals surface area contributed by atoms with E-state index in [1.54, 1.807) is 0 Å². The van der Waals surface area contributed by atoms with Gasteiger partial charge in [-0.1, -0.05) is 12.1 Å². The van der Waals surface area contributed by atoms with Gasteiger partial charge in [-0.15, -0.1) is 0 Å². The number of hydrogen-bond donors (Lipinski definition) is 2. The number of nitrogens with two attached hydrogens (primary N) is 1. The van der Waals surface area contributed by atoms with Crippen molar-refractivity contribution in [3.63, 3.8) is 0 Å². The Labute approximate surface area is 112 Å². The first-order valence-electron chi connectivity index (χ1n) is 6.63. The number of anilines is 2. The number of hydrogen-bond acceptors (Lipinski definition) is 4. The van der Waals surface area contributed by atoms with Gasteiger partial charge >= 0.3 is 0 Å². The maximum atomic E-state index is 6.11. The molecule has 0 bridgehead atoms. The molecule has 2 aromatic rings. The van der Waals surface area contributed by atoms with Gasteiger partial charge in [-0.25, -0.2) is 0 Å². The standard InChI is InChI=1S/C14H17N5/c1-18-8-13-11(7-17-19(13)9-5-16-6-9)10-3-2-4-12(15)14(10)18/h2-4,7,9,16H,5-6,8,15H2,1H3. The van der Waals surface area contributed by atoms with Gasteiger partial charge in [0.1, 0.15) is 0 Å². The van der Waals surface area contributed by atoms with E-state index in [1.807, 2.05) is 18.3 Å². The summed E-state index contributed by atoms with van der Waals surface area (Å²) in [7, 11) is 2.09. The molecule has 0 spiro atoms. The Morgan fingerprint density at radius 3 is 2.89 bits per heavy atom. The SMILES string of the molecule is CN1Cc2c(cnn2C2CNC2)-c2cccc(N)c21. The zero-order valence-electron chi connectivity index (χ0n) is 10.9. The van der Waals surface area contributed by atoms with Gasteiger partial charge in [-0.3, -0.25) is 4.68 Å². The number of rotatable bonds is 1. The first-order valence-corrected chi connectivity index (χ1v) is 6.63. The second-order valence-corrected chi connectivity index (χ2v) is 5.36. The van der Waals surface area contributed by atoms with Crippen LogP contribution in [-0.4, -0.2) is 29.9 Å². The lowest BCUT2D eigenvalue weighted by atomic mass is 9.98. The molecule has 5 heteroatoms. The van der Waals surface area contributed by atoms with Crippen LogP contribution in [0.5, 0.6) is 0 Å². The summed E-state index contributed by atoms with van der Waals surface area (Å²) in [5.74, 6) is 0. The van der Waals surface area contributed by atoms with Crippen LogP contribution in [0, 0.1) is 0 Å². The third-order valence-corrected chi connectivity index (χ3v) is 4.13. The van der Waals surface area contributed by atoms with Crippen LogP contribution in [0.2, 0.25) is 0 Å². The smallest absolute Gasteiger partial charge is 0.0771 e. The van der Waals surface area contributed by atoms with Crippen LogP contribution in [0.15, 0.2) is 24.4 Å². The number of aromatic nitrogens is 2. The molecule has 0 radical (unpaired) electrons. The summed E-state index contributed by atoms with van der Waals surface area (Å²) >= 11 is 0. The van der Waals surface area contributed by atoms with E-state index in [0.717, 1.165) is 31.0 Å². The van der Waals surface area contributed by atoms with E-state index in [9.17, 15) is 0 Å². The Kier molecular flexibility index (Phi) is 2.14. The summed E-state index contributed by atoms with van der Waals surface area (Å²) in [5, 5.41) is 7.89. The number of nitrogens with zero attached hydrogens (tertiary/aromatic N) is 3. The minimum Gasteiger partial charge on any atom is -0.397 e. The van der Waals surface area contributed by atoms with Crippen molar-refractivity contribution in [2.24, 2.45) is 0 Å². The molecule has 3 heterocycles. The van der Waals surface area contributed by atoms with Crippen molar-refractivity contribution in [3.05, 3.63) is 30.1 Å². The van der Waals surface area contributed by atoms with Crippen LogP contribution in [0.3, 0.4) is 0 Å². The molecule has 3 N–H and O–H groups in total. The van der Waals surface area contributed by atoms with Crippen molar-refractivity contribution >= 4 is 11.4 Å². The molecular formula is C14H17N5. The van der Waals surface area contributed by atoms with Gasteiger partial charge in [0.15, 0.2) is 0 Å². The molecule has 2 aliphatic rings. The summed E-state index contributed by atoms with van der Waals surface area (Å²) in [5.41, 5.74) is 11.8. The lowest BCUT2D eigenvalue weighted by molar-refractivity contribution is 0.310. The van der Waals surface area contributed by atoms with Crippen molar-refractivity contribution in [3.8, 4) is 11.1 Å². The van der Waals surface area contributed by atoms with Crippen molar-refractivity contribution in [1.29, 1.82) is 0 Å². The van der Waals surface area contributed by atoms with Crippen LogP contribution in [0.25, 0.3) is 11.1 Å². The summed E-state index contributed by atoms with van der Waals surface area (Å²) in [6, 6.07) is 6.60. The summed E-state index contributed by atoms with van der Waals surface area (Å²) in [6.45, 7) is 2.90. The first-order chi connectivity index (χ1) is 9.25. The molecule has 1 aromatic heterocycles. The third kappa shape index (κ3) is 1.42. The third-order valence-electron chi connectivity index (χ3n) is 4.13. The van der Waals surface area contributed by atoms with Crippen LogP contribution >= 0.6 is 0 Å². The van der Waals surface area contributed by atoms with Crippen LogP contribution in [0.4, 0.5) is 11.4 Å². The maximum Gasteiger partial charge on any atom is 0.0771 e. The van der Waals surface area contributed by atoms with Gasteiger partial charge in [0.25, 0.3) is 0 Å². The molecule has 0 saturated carbocycles. The maximum absolute atomic E-state index is 6.11. The van der Waals surface area contributed by atoms with Crippen LogP contribution in [-0.2, 0) is 6.54 Å². The van der Waals surface area contributed by atoms with E-state index >= 15 is 0 Å². The Hall–Kier alpha value is -2.01. The number of nitrogen functional groups attached to an aromatic ring is 1. The van der Waals surface area contributed by atoms with E-state index < -0.39 is 0 Å². The highest BCUT2D eigenvalue weighted by Gasteiger charge is 2.29. The molecule has 1 aromatic carbocycles. The Bertz CT molecular complexity index is 641. The Morgan fingerprint density at radius 2 is 2.16 bits per heavy atom. The van der Waals surface area contributed by atoms with Crippen molar-refractivity contribution < 1.29 is 0 Å². The van der Waals surface area contributed by atoms with E-state index in [1.165, 1.54) is 16.8 Å². The van der Waals surface area contributed by atoms with Gasteiger partial charge < -0.3 is 16.0 Å². The van der Waals surface area contributed by atoms with E-state index in [2.05, 4.69) is 33.1 Å². The molecule has 2 aliphatic heterocycles. The number of fused-ring (bicyclic) bond motifs is 3. The molecule has 0 unspecified atom stereocenters. The zero-order valence-corrected chi connectivity index (χ0v) is 10.9. The number of benzene rings is 1. The monoisotopic (exact) mass is 255 g/mol. The largest absolute Gasteiger partial charge is 0.397 e. The molecule has 1 saturated heterocycles. The second kappa shape index (κ2) is 3.74. The van der Waals surface area contributed by atoms with Crippen molar-refractivity contribution in [2.45, 2.75) is 12.6 Å². The Balaban J connectivity index is 1.90. The van der Waals surface area contributed by atoms with Gasteiger partial charge in [0.2, 0.25) is 0 Å². The fourth-order valence-corrected chi connectivity index (χ4v) is 3.04. The molecule has 0 amide bonds. The first kappa shape index (κ1) is 10.9. The molecule has 0 aliphatic carbocycles. The predicted octanol–water partition coefficient (Wildman–Crippen LogP) is 1.23. The highest BCUT2D eigenvalue weighted by atomic mass is 15.4. The molecule has 5 nitrogen and oxygen atoms in total. The zero-order chi connectivity index (χ0) is 13.0. The van der Waals surface area contributed by atoms with Crippen LogP contribution in [0.1, 0.15) is 11.7 Å². The minimum absolute atomic E-state index is 0.500. The normalized spacial score (nSPS) is 17.8. The minimum atomic E-state index is 0.500. The fraction of sp³-hybridized carbons (Fsp3) is 0.357. The number of para-hydroxylation sites is 1. The van der Waals surface area contributed by atoms with Gasteiger partial charge in [0, 0.05) is 31.3 Å². The average molecular weight is 255 g/mol. The quantitative estimate of drug-likeness (QED) is 0.752. The topological polar surface area (TPSA) is 59.1 Å². The van der Waals surface area contributed by atoms with E-state index in [-0.39, 0.29) is 0 Å². The van der Waals surface area contributed by atoms with E-state index in [4.69, 9.17) is 5.73 Å². The van der Waals surface area contributed by atoms with Crippen LogP contribution < -0.4 is 16.0 Å². The molecule has 4 rings (SSSR count). The van der Waals surface area contributed by atoms with Gasteiger partial charge in [-0.2, -0.15) is 5.10 Å². The predicted molar refractivity (Wildman–Crippen MR) is 76.1 cm³/mol. The van der Waals surface area contributed by atoms with Gasteiger partial charge in [-0.05, 0) is 6.07 Å². The lowest BCUT2D eigenvalue weighted by Crippen LogP contribution is -2.44. The van der Waals surface area contributed by atoms with Crippen molar-refractivity contribution in [1.82, 2.24) is 15.1 Å². The molecule has 19 heavy (non-hydrogen) atoms. The Morgan fingerprint density at radius 1 is 1.32 bits per heavy atom. The highest BCUT2D eigenvalue weighted by Crippen LogP contribution is 2.42. The van der Waals surface area contributed by atoms with Gasteiger partial charge in [0.05, 0.1) is 35.9 Å². The van der Waals surface area contributed by atoms with E-state index in [0.29, 0.717) is 6.04 Å².